The number of aromatic nitrogens is 1. The number of carbonyl (C=O) groups is 1. The molecule has 0 N–H and O–H groups in total. The fourth-order valence-corrected chi connectivity index (χ4v) is 3.62. The van der Waals surface area contributed by atoms with Crippen molar-refractivity contribution in [3.8, 4) is 22.8 Å². The van der Waals surface area contributed by atoms with E-state index in [0.717, 1.165) is 35.5 Å². The Morgan fingerprint density at radius 3 is 2.61 bits per heavy atom. The van der Waals surface area contributed by atoms with E-state index in [4.69, 9.17) is 14.0 Å². The second-order valence-corrected chi connectivity index (χ2v) is 6.74. The van der Waals surface area contributed by atoms with Crippen LogP contribution in [0.1, 0.15) is 35.0 Å². The highest BCUT2D eigenvalue weighted by Gasteiger charge is 2.32. The van der Waals surface area contributed by atoms with Gasteiger partial charge in [0.15, 0.2) is 0 Å². The molecule has 3 aromatic rings. The standard InChI is InChI=1S/C22H22N2O4/c1-26-17-10-8-15(9-11-17)20-7-4-12-24(20)22(25)21-14-19(23-28-21)16-5-3-6-18(13-16)27-2/h3,5-6,8-11,13-14,20H,4,7,12H2,1-2H3/t20-/m1/s1. The van der Waals surface area contributed by atoms with Gasteiger partial charge in [0.1, 0.15) is 17.2 Å². The van der Waals surface area contributed by atoms with E-state index in [1.165, 1.54) is 0 Å². The van der Waals surface area contributed by atoms with E-state index in [2.05, 4.69) is 5.16 Å². The molecule has 1 aliphatic rings. The van der Waals surface area contributed by atoms with E-state index in [0.29, 0.717) is 12.2 Å². The number of nitrogens with zero attached hydrogens (tertiary/aromatic N) is 2. The van der Waals surface area contributed by atoms with Crippen molar-refractivity contribution in [2.75, 3.05) is 20.8 Å². The van der Waals surface area contributed by atoms with Crippen LogP contribution in [0.15, 0.2) is 59.1 Å². The second kappa shape index (κ2) is 7.76. The van der Waals surface area contributed by atoms with Crippen molar-refractivity contribution in [2.45, 2.75) is 18.9 Å². The van der Waals surface area contributed by atoms with E-state index < -0.39 is 0 Å². The molecule has 6 heteroatoms. The minimum Gasteiger partial charge on any atom is -0.497 e. The molecular formula is C22H22N2O4. The van der Waals surface area contributed by atoms with Crippen LogP contribution < -0.4 is 9.47 Å². The van der Waals surface area contributed by atoms with E-state index >= 15 is 0 Å². The van der Waals surface area contributed by atoms with Crippen LogP contribution in [-0.2, 0) is 0 Å². The molecule has 6 nitrogen and oxygen atoms in total. The van der Waals surface area contributed by atoms with Crippen molar-refractivity contribution in [3.05, 3.63) is 65.9 Å². The third kappa shape index (κ3) is 3.45. The highest BCUT2D eigenvalue weighted by molar-refractivity contribution is 5.93. The lowest BCUT2D eigenvalue weighted by Crippen LogP contribution is -2.30. The van der Waals surface area contributed by atoms with Crippen LogP contribution in [0, 0.1) is 0 Å². The topological polar surface area (TPSA) is 64.8 Å². The maximum absolute atomic E-state index is 13.1. The summed E-state index contributed by atoms with van der Waals surface area (Å²) in [6.07, 6.45) is 1.88. The van der Waals surface area contributed by atoms with Crippen LogP contribution in [0.2, 0.25) is 0 Å². The molecule has 1 amide bonds. The second-order valence-electron chi connectivity index (χ2n) is 6.74. The Morgan fingerprint density at radius 2 is 1.86 bits per heavy atom. The van der Waals surface area contributed by atoms with Crippen molar-refractivity contribution < 1.29 is 18.8 Å². The molecule has 1 fully saturated rings. The summed E-state index contributed by atoms with van der Waals surface area (Å²) in [5, 5.41) is 4.08. The number of likely N-dealkylation sites (tertiary alicyclic amines) is 1. The minimum absolute atomic E-state index is 0.0313. The largest absolute Gasteiger partial charge is 0.497 e. The average Bonchev–Trinajstić information content (AvgIpc) is 3.43. The monoisotopic (exact) mass is 378 g/mol. The van der Waals surface area contributed by atoms with Crippen LogP contribution in [0.4, 0.5) is 0 Å². The molecule has 0 spiro atoms. The molecule has 0 saturated carbocycles. The zero-order valence-corrected chi connectivity index (χ0v) is 15.9. The van der Waals surface area contributed by atoms with Crippen molar-refractivity contribution >= 4 is 5.91 Å². The average molecular weight is 378 g/mol. The van der Waals surface area contributed by atoms with Crippen LogP contribution in [-0.4, -0.2) is 36.7 Å². The predicted octanol–water partition coefficient (Wildman–Crippen LogP) is 4.34. The first-order chi connectivity index (χ1) is 13.7. The van der Waals surface area contributed by atoms with Gasteiger partial charge in [-0.15, -0.1) is 0 Å². The molecule has 0 bridgehead atoms. The van der Waals surface area contributed by atoms with Gasteiger partial charge in [0.05, 0.1) is 20.3 Å². The molecule has 2 aromatic carbocycles. The Balaban J connectivity index is 1.55. The highest BCUT2D eigenvalue weighted by atomic mass is 16.5. The molecular weight excluding hydrogens is 356 g/mol. The molecule has 4 rings (SSSR count). The third-order valence-electron chi connectivity index (χ3n) is 5.10. The third-order valence-corrected chi connectivity index (χ3v) is 5.10. The number of hydrogen-bond donors (Lipinski definition) is 0. The smallest absolute Gasteiger partial charge is 0.292 e. The molecule has 0 radical (unpaired) electrons. The Labute approximate surface area is 163 Å². The molecule has 1 aromatic heterocycles. The zero-order valence-electron chi connectivity index (χ0n) is 15.9. The predicted molar refractivity (Wildman–Crippen MR) is 104 cm³/mol. The zero-order chi connectivity index (χ0) is 19.5. The van der Waals surface area contributed by atoms with Gasteiger partial charge in [-0.1, -0.05) is 29.4 Å². The fourth-order valence-electron chi connectivity index (χ4n) is 3.62. The Morgan fingerprint density at radius 1 is 1.07 bits per heavy atom. The maximum atomic E-state index is 13.1. The van der Waals surface area contributed by atoms with Gasteiger partial charge in [0.2, 0.25) is 5.76 Å². The van der Waals surface area contributed by atoms with Gasteiger partial charge in [0, 0.05) is 18.2 Å². The van der Waals surface area contributed by atoms with Crippen molar-refractivity contribution in [1.29, 1.82) is 0 Å². The fraction of sp³-hybridized carbons (Fsp3) is 0.273. The molecule has 1 saturated heterocycles. The number of ether oxygens (including phenoxy) is 2. The molecule has 1 aliphatic heterocycles. The van der Waals surface area contributed by atoms with E-state index in [1.807, 2.05) is 53.4 Å². The summed E-state index contributed by atoms with van der Waals surface area (Å²) in [4.78, 5) is 14.9. The van der Waals surface area contributed by atoms with Gasteiger partial charge in [-0.25, -0.2) is 0 Å². The molecule has 0 aliphatic carbocycles. The van der Waals surface area contributed by atoms with Crippen molar-refractivity contribution in [2.24, 2.45) is 0 Å². The number of methoxy groups -OCH3 is 2. The summed E-state index contributed by atoms with van der Waals surface area (Å²) in [5.41, 5.74) is 2.55. The van der Waals surface area contributed by atoms with Crippen LogP contribution in [0.25, 0.3) is 11.3 Å². The number of amides is 1. The number of hydrogen-bond acceptors (Lipinski definition) is 5. The van der Waals surface area contributed by atoms with E-state index in [9.17, 15) is 4.79 Å². The molecule has 0 unspecified atom stereocenters. The first-order valence-corrected chi connectivity index (χ1v) is 9.25. The number of rotatable bonds is 5. The molecule has 28 heavy (non-hydrogen) atoms. The summed E-state index contributed by atoms with van der Waals surface area (Å²) in [5.74, 6) is 1.64. The highest BCUT2D eigenvalue weighted by Crippen LogP contribution is 2.34. The summed E-state index contributed by atoms with van der Waals surface area (Å²) in [6, 6.07) is 17.1. The van der Waals surface area contributed by atoms with Gasteiger partial charge >= 0.3 is 0 Å². The van der Waals surface area contributed by atoms with Crippen molar-refractivity contribution in [3.63, 3.8) is 0 Å². The molecule has 1 atom stereocenters. The van der Waals surface area contributed by atoms with Crippen LogP contribution in [0.5, 0.6) is 11.5 Å². The number of carbonyl (C=O) groups excluding carboxylic acids is 1. The summed E-state index contributed by atoms with van der Waals surface area (Å²) in [7, 11) is 3.26. The lowest BCUT2D eigenvalue weighted by atomic mass is 10.0. The first kappa shape index (κ1) is 18.1. The Kier molecular flexibility index (Phi) is 5.02. The summed E-state index contributed by atoms with van der Waals surface area (Å²) >= 11 is 0. The lowest BCUT2D eigenvalue weighted by molar-refractivity contribution is 0.0693. The number of benzene rings is 2. The van der Waals surface area contributed by atoms with Crippen LogP contribution in [0.3, 0.4) is 0 Å². The summed E-state index contributed by atoms with van der Waals surface area (Å²) < 4.78 is 15.9. The summed E-state index contributed by atoms with van der Waals surface area (Å²) in [6.45, 7) is 0.699. The normalized spacial score (nSPS) is 16.2. The molecule has 144 valence electrons. The first-order valence-electron chi connectivity index (χ1n) is 9.25. The Bertz CT molecular complexity index is 965. The molecule has 2 heterocycles. The van der Waals surface area contributed by atoms with Gasteiger partial charge in [-0.3, -0.25) is 4.79 Å². The van der Waals surface area contributed by atoms with Gasteiger partial charge in [-0.2, -0.15) is 0 Å². The minimum atomic E-state index is -0.139. The quantitative estimate of drug-likeness (QED) is 0.661. The Hall–Kier alpha value is -3.28. The lowest BCUT2D eigenvalue weighted by Gasteiger charge is -2.24. The van der Waals surface area contributed by atoms with E-state index in [-0.39, 0.29) is 17.7 Å². The van der Waals surface area contributed by atoms with Crippen LogP contribution >= 0.6 is 0 Å². The van der Waals surface area contributed by atoms with Crippen molar-refractivity contribution in [1.82, 2.24) is 10.1 Å². The van der Waals surface area contributed by atoms with E-state index in [1.54, 1.807) is 20.3 Å². The van der Waals surface area contributed by atoms with Gasteiger partial charge in [0.25, 0.3) is 5.91 Å². The van der Waals surface area contributed by atoms with Gasteiger partial charge in [-0.05, 0) is 42.7 Å². The van der Waals surface area contributed by atoms with Gasteiger partial charge < -0.3 is 18.9 Å². The SMILES string of the molecule is COc1ccc([C@H]2CCCN2C(=O)c2cc(-c3cccc(OC)c3)no2)cc1. The maximum Gasteiger partial charge on any atom is 0.292 e.